The van der Waals surface area contributed by atoms with Gasteiger partial charge in [-0.1, -0.05) is 17.7 Å². The van der Waals surface area contributed by atoms with Crippen molar-refractivity contribution in [3.8, 4) is 5.75 Å². The number of guanidine groups is 1. The minimum atomic E-state index is 0. The van der Waals surface area contributed by atoms with Crippen LogP contribution in [0.5, 0.6) is 5.75 Å². The van der Waals surface area contributed by atoms with Gasteiger partial charge in [0.1, 0.15) is 5.75 Å². The molecule has 0 aliphatic carbocycles. The zero-order valence-corrected chi connectivity index (χ0v) is 20.3. The zero-order valence-electron chi connectivity index (χ0n) is 18.0. The first kappa shape index (κ1) is 25.0. The molecule has 0 radical (unpaired) electrons. The van der Waals surface area contributed by atoms with Crippen LogP contribution in [0.3, 0.4) is 0 Å². The molecule has 0 saturated carbocycles. The van der Waals surface area contributed by atoms with Gasteiger partial charge < -0.3 is 20.1 Å². The standard InChI is InChI=1S/C21H36N4O2.HI/c1-6-22-21(24-14-17(3)25-11-12-27-15-18(25)4)23-10-9-19-13-16(2)7-8-20(19)26-5;/h7-8,13,17-18H,6,9-12,14-15H2,1-5H3,(H2,22,23,24);1H. The number of aryl methyl sites for hydroxylation is 1. The maximum absolute atomic E-state index is 5.54. The smallest absolute Gasteiger partial charge is 0.191 e. The van der Waals surface area contributed by atoms with Gasteiger partial charge in [0.25, 0.3) is 0 Å². The number of methoxy groups -OCH3 is 1. The van der Waals surface area contributed by atoms with Crippen molar-refractivity contribution < 1.29 is 9.47 Å². The minimum absolute atomic E-state index is 0. The molecular weight excluding hydrogens is 467 g/mol. The van der Waals surface area contributed by atoms with Crippen LogP contribution < -0.4 is 15.4 Å². The van der Waals surface area contributed by atoms with Crippen LogP contribution in [-0.4, -0.2) is 69.4 Å². The topological polar surface area (TPSA) is 58.1 Å². The molecule has 1 aromatic carbocycles. The van der Waals surface area contributed by atoms with Gasteiger partial charge in [0.05, 0.1) is 26.9 Å². The second-order valence-electron chi connectivity index (χ2n) is 7.22. The van der Waals surface area contributed by atoms with E-state index < -0.39 is 0 Å². The number of halogens is 1. The van der Waals surface area contributed by atoms with Crippen LogP contribution in [0.2, 0.25) is 0 Å². The van der Waals surface area contributed by atoms with Crippen LogP contribution >= 0.6 is 24.0 Å². The largest absolute Gasteiger partial charge is 0.496 e. The van der Waals surface area contributed by atoms with Crippen molar-refractivity contribution in [1.82, 2.24) is 15.5 Å². The van der Waals surface area contributed by atoms with Gasteiger partial charge in [-0.05, 0) is 45.7 Å². The zero-order chi connectivity index (χ0) is 19.6. The predicted octanol–water partition coefficient (Wildman–Crippen LogP) is 2.83. The van der Waals surface area contributed by atoms with Crippen molar-refractivity contribution in [3.63, 3.8) is 0 Å². The lowest BCUT2D eigenvalue weighted by Gasteiger charge is -2.37. The maximum atomic E-state index is 5.54. The first-order valence-electron chi connectivity index (χ1n) is 10.0. The molecule has 28 heavy (non-hydrogen) atoms. The molecule has 1 fully saturated rings. The molecule has 0 bridgehead atoms. The lowest BCUT2D eigenvalue weighted by atomic mass is 10.1. The van der Waals surface area contributed by atoms with Gasteiger partial charge in [-0.3, -0.25) is 9.89 Å². The van der Waals surface area contributed by atoms with Crippen LogP contribution in [0.1, 0.15) is 31.9 Å². The van der Waals surface area contributed by atoms with E-state index in [1.165, 1.54) is 11.1 Å². The fourth-order valence-corrected chi connectivity index (χ4v) is 3.48. The molecule has 160 valence electrons. The first-order chi connectivity index (χ1) is 13.0. The van der Waals surface area contributed by atoms with Crippen LogP contribution in [0.4, 0.5) is 0 Å². The normalized spacial score (nSPS) is 18.9. The molecule has 1 saturated heterocycles. The monoisotopic (exact) mass is 504 g/mol. The highest BCUT2D eigenvalue weighted by Crippen LogP contribution is 2.19. The van der Waals surface area contributed by atoms with Crippen molar-refractivity contribution >= 4 is 29.9 Å². The highest BCUT2D eigenvalue weighted by Gasteiger charge is 2.23. The lowest BCUT2D eigenvalue weighted by Crippen LogP contribution is -2.49. The second-order valence-corrected chi connectivity index (χ2v) is 7.22. The molecule has 2 rings (SSSR count). The third-order valence-electron chi connectivity index (χ3n) is 4.97. The molecule has 1 heterocycles. The average molecular weight is 504 g/mol. The number of hydrogen-bond acceptors (Lipinski definition) is 4. The summed E-state index contributed by atoms with van der Waals surface area (Å²) in [5.41, 5.74) is 2.47. The van der Waals surface area contributed by atoms with E-state index in [0.717, 1.165) is 57.5 Å². The molecule has 0 spiro atoms. The Labute approximate surface area is 187 Å². The van der Waals surface area contributed by atoms with Gasteiger partial charge in [-0.15, -0.1) is 24.0 Å². The molecule has 1 aliphatic rings. The summed E-state index contributed by atoms with van der Waals surface area (Å²) in [5, 5.41) is 6.79. The van der Waals surface area contributed by atoms with Crippen molar-refractivity contribution in [3.05, 3.63) is 29.3 Å². The van der Waals surface area contributed by atoms with Gasteiger partial charge in [-0.25, -0.2) is 0 Å². The Balaban J connectivity index is 0.00000392. The van der Waals surface area contributed by atoms with E-state index in [0.29, 0.717) is 12.1 Å². The van der Waals surface area contributed by atoms with Gasteiger partial charge in [0.2, 0.25) is 0 Å². The van der Waals surface area contributed by atoms with Gasteiger partial charge >= 0.3 is 0 Å². The Morgan fingerprint density at radius 2 is 2.18 bits per heavy atom. The predicted molar refractivity (Wildman–Crippen MR) is 127 cm³/mol. The summed E-state index contributed by atoms with van der Waals surface area (Å²) >= 11 is 0. The van der Waals surface area contributed by atoms with E-state index in [9.17, 15) is 0 Å². The Bertz CT molecular complexity index is 612. The quantitative estimate of drug-likeness (QED) is 0.324. The van der Waals surface area contributed by atoms with E-state index in [2.05, 4.69) is 55.4 Å². The molecule has 0 amide bonds. The Morgan fingerprint density at radius 3 is 2.86 bits per heavy atom. The number of benzene rings is 1. The number of hydrogen-bond donors (Lipinski definition) is 2. The third kappa shape index (κ3) is 7.75. The SMILES string of the molecule is CCNC(=NCC(C)N1CCOCC1C)NCCc1cc(C)ccc1OC.I. The Hall–Kier alpha value is -1.06. The molecule has 7 heteroatoms. The molecule has 0 aromatic heterocycles. The van der Waals surface area contributed by atoms with E-state index in [1.54, 1.807) is 7.11 Å². The number of morpholine rings is 1. The number of nitrogens with zero attached hydrogens (tertiary/aromatic N) is 2. The molecular formula is C21H37IN4O2. The summed E-state index contributed by atoms with van der Waals surface area (Å²) in [5.74, 6) is 1.82. The van der Waals surface area contributed by atoms with E-state index in [-0.39, 0.29) is 24.0 Å². The van der Waals surface area contributed by atoms with Crippen LogP contribution in [0, 0.1) is 6.92 Å². The summed E-state index contributed by atoms with van der Waals surface area (Å²) in [6, 6.07) is 7.15. The van der Waals surface area contributed by atoms with Crippen molar-refractivity contribution in [2.24, 2.45) is 4.99 Å². The van der Waals surface area contributed by atoms with Crippen LogP contribution in [0.15, 0.2) is 23.2 Å². The van der Waals surface area contributed by atoms with Crippen molar-refractivity contribution in [1.29, 1.82) is 0 Å². The maximum Gasteiger partial charge on any atom is 0.191 e. The fourth-order valence-electron chi connectivity index (χ4n) is 3.48. The summed E-state index contributed by atoms with van der Waals surface area (Å²) < 4.78 is 11.0. The molecule has 2 N–H and O–H groups in total. The summed E-state index contributed by atoms with van der Waals surface area (Å²) in [7, 11) is 1.72. The van der Waals surface area contributed by atoms with Gasteiger partial charge in [0.15, 0.2) is 5.96 Å². The van der Waals surface area contributed by atoms with E-state index in [1.807, 2.05) is 6.07 Å². The Kier molecular flexibility index (Phi) is 11.8. The summed E-state index contributed by atoms with van der Waals surface area (Å²) in [4.78, 5) is 7.28. The number of nitrogens with one attached hydrogen (secondary N) is 2. The highest BCUT2D eigenvalue weighted by atomic mass is 127. The fraction of sp³-hybridized carbons (Fsp3) is 0.667. The number of ether oxygens (including phenoxy) is 2. The van der Waals surface area contributed by atoms with Crippen molar-refractivity contribution in [2.45, 2.75) is 46.2 Å². The van der Waals surface area contributed by atoms with Gasteiger partial charge in [-0.2, -0.15) is 0 Å². The van der Waals surface area contributed by atoms with Crippen molar-refractivity contribution in [2.75, 3.05) is 46.5 Å². The molecule has 2 atom stereocenters. The first-order valence-corrected chi connectivity index (χ1v) is 10.0. The van der Waals surface area contributed by atoms with Crippen LogP contribution in [0.25, 0.3) is 0 Å². The number of aliphatic imine (C=N–C) groups is 1. The molecule has 2 unspecified atom stereocenters. The molecule has 1 aliphatic heterocycles. The Morgan fingerprint density at radius 1 is 1.39 bits per heavy atom. The van der Waals surface area contributed by atoms with Crippen LogP contribution in [-0.2, 0) is 11.2 Å². The lowest BCUT2D eigenvalue weighted by molar-refractivity contribution is -0.0165. The van der Waals surface area contributed by atoms with E-state index in [4.69, 9.17) is 14.5 Å². The highest BCUT2D eigenvalue weighted by molar-refractivity contribution is 14.0. The second kappa shape index (κ2) is 13.2. The molecule has 6 nitrogen and oxygen atoms in total. The van der Waals surface area contributed by atoms with E-state index >= 15 is 0 Å². The average Bonchev–Trinajstić information content (AvgIpc) is 2.66. The third-order valence-corrected chi connectivity index (χ3v) is 4.97. The molecule has 1 aromatic rings. The minimum Gasteiger partial charge on any atom is -0.496 e. The summed E-state index contributed by atoms with van der Waals surface area (Å²) in [6.07, 6.45) is 0.894. The van der Waals surface area contributed by atoms with Gasteiger partial charge in [0, 0.05) is 31.7 Å². The number of rotatable bonds is 8. The summed E-state index contributed by atoms with van der Waals surface area (Å²) in [6.45, 7) is 13.7.